The van der Waals surface area contributed by atoms with Crippen LogP contribution in [0.5, 0.6) is 0 Å². The summed E-state index contributed by atoms with van der Waals surface area (Å²) in [6.45, 7) is 7.51. The first-order valence-corrected chi connectivity index (χ1v) is 29.1. The van der Waals surface area contributed by atoms with E-state index in [0.29, 0.717) is 25.9 Å². The lowest BCUT2D eigenvalue weighted by molar-refractivity contribution is -0.162. The second-order valence-electron chi connectivity index (χ2n) is 18.8. The molecule has 0 rings (SSSR count). The Labute approximate surface area is 433 Å². The van der Waals surface area contributed by atoms with Crippen LogP contribution in [0.3, 0.4) is 0 Å². The van der Waals surface area contributed by atoms with Gasteiger partial charge in [-0.1, -0.05) is 245 Å². The minimum absolute atomic E-state index is 0.0335. The SMILES string of the molecule is CC/C=C\C/C=C\C/C=C\C/C=C\C/C=C\C/C=C\CCC(=O)OCC(COCCCCCCCCCC/C=C\CCCCCCCC)OC(=O)CCCCCCCCC/C=C\C/C=C\C/C=C\CC. The minimum atomic E-state index is -0.583. The number of hydrogen-bond acceptors (Lipinski definition) is 5. The van der Waals surface area contributed by atoms with Gasteiger partial charge in [0.2, 0.25) is 0 Å². The highest BCUT2D eigenvalue weighted by molar-refractivity contribution is 5.70. The van der Waals surface area contributed by atoms with Crippen molar-refractivity contribution >= 4 is 11.9 Å². The van der Waals surface area contributed by atoms with Crippen LogP contribution in [0.2, 0.25) is 0 Å². The Morgan fingerprint density at radius 2 is 0.671 bits per heavy atom. The van der Waals surface area contributed by atoms with Gasteiger partial charge in [-0.25, -0.2) is 0 Å². The summed E-state index contributed by atoms with van der Waals surface area (Å²) in [7, 11) is 0. The number of esters is 2. The van der Waals surface area contributed by atoms with Gasteiger partial charge in [0.05, 0.1) is 6.61 Å². The average molecular weight is 970 g/mol. The third kappa shape index (κ3) is 56.9. The Morgan fingerprint density at radius 1 is 0.329 bits per heavy atom. The highest BCUT2D eigenvalue weighted by atomic mass is 16.6. The molecule has 0 spiro atoms. The molecule has 0 heterocycles. The summed E-state index contributed by atoms with van der Waals surface area (Å²) >= 11 is 0. The average Bonchev–Trinajstić information content (AvgIpc) is 3.36. The van der Waals surface area contributed by atoms with Crippen LogP contribution < -0.4 is 0 Å². The Hall–Kier alpha value is -3.70. The normalized spacial score (nSPS) is 13.1. The number of ether oxygens (including phenoxy) is 3. The summed E-state index contributed by atoms with van der Waals surface area (Å²) in [6.07, 6.45) is 83.7. The highest BCUT2D eigenvalue weighted by Crippen LogP contribution is 2.14. The first-order chi connectivity index (χ1) is 34.6. The molecule has 0 aromatic carbocycles. The van der Waals surface area contributed by atoms with E-state index in [1.807, 2.05) is 6.08 Å². The maximum atomic E-state index is 12.9. The molecular formula is C65H108O5. The molecule has 0 saturated heterocycles. The lowest BCUT2D eigenvalue weighted by atomic mass is 10.1. The zero-order valence-electron chi connectivity index (χ0n) is 45.7. The van der Waals surface area contributed by atoms with Gasteiger partial charge in [-0.05, 0) is 116 Å². The molecule has 0 fully saturated rings. The van der Waals surface area contributed by atoms with Crippen molar-refractivity contribution in [2.45, 2.75) is 258 Å². The van der Waals surface area contributed by atoms with Gasteiger partial charge in [-0.15, -0.1) is 0 Å². The molecule has 5 nitrogen and oxygen atoms in total. The lowest BCUT2D eigenvalue weighted by Crippen LogP contribution is -2.30. The fourth-order valence-corrected chi connectivity index (χ4v) is 7.72. The fourth-order valence-electron chi connectivity index (χ4n) is 7.72. The smallest absolute Gasteiger partial charge is 0.306 e. The summed E-state index contributed by atoms with van der Waals surface area (Å²) in [4.78, 5) is 25.5. The maximum absolute atomic E-state index is 12.9. The molecule has 398 valence electrons. The van der Waals surface area contributed by atoms with E-state index >= 15 is 0 Å². The van der Waals surface area contributed by atoms with Gasteiger partial charge in [0, 0.05) is 19.4 Å². The minimum Gasteiger partial charge on any atom is -0.462 e. The standard InChI is InChI=1S/C65H108O5/c1-4-7-10-13-16-19-22-25-28-31-33-35-37-40-43-46-49-52-55-58-64(66)69-62-63(61-68-60-57-54-51-48-45-42-39-36-32-29-26-23-20-17-14-11-8-5-2)70-65(67)59-56-53-50-47-44-41-38-34-30-27-24-21-18-15-12-9-6-3/h7,9-10,12,16,18-19,21,25-30,33,35,40,43,49,52,63H,4-6,8,11,13-15,17,20,22-24,31-32,34,36-39,41-42,44-48,50-51,53-62H2,1-3H3/b10-7-,12-9-,19-16-,21-18-,28-25-,29-26-,30-27-,35-33-,43-40-,52-49-. The number of rotatable bonds is 52. The molecular weight excluding hydrogens is 861 g/mol. The van der Waals surface area contributed by atoms with Crippen molar-refractivity contribution < 1.29 is 23.8 Å². The molecule has 5 heteroatoms. The predicted octanol–water partition coefficient (Wildman–Crippen LogP) is 20.1. The van der Waals surface area contributed by atoms with E-state index in [1.54, 1.807) is 0 Å². The molecule has 0 aromatic heterocycles. The van der Waals surface area contributed by atoms with E-state index in [-0.39, 0.29) is 25.2 Å². The summed E-state index contributed by atoms with van der Waals surface area (Å²) in [6, 6.07) is 0. The van der Waals surface area contributed by atoms with Crippen molar-refractivity contribution in [1.82, 2.24) is 0 Å². The van der Waals surface area contributed by atoms with Crippen molar-refractivity contribution in [2.24, 2.45) is 0 Å². The van der Waals surface area contributed by atoms with E-state index in [1.165, 1.54) is 116 Å². The molecule has 0 N–H and O–H groups in total. The molecule has 1 unspecified atom stereocenters. The number of carbonyl (C=O) groups is 2. The number of hydrogen-bond donors (Lipinski definition) is 0. The second kappa shape index (κ2) is 59.6. The topological polar surface area (TPSA) is 61.8 Å². The first-order valence-electron chi connectivity index (χ1n) is 29.1. The molecule has 0 saturated carbocycles. The van der Waals surface area contributed by atoms with E-state index in [4.69, 9.17) is 14.2 Å². The van der Waals surface area contributed by atoms with Gasteiger partial charge in [0.1, 0.15) is 6.61 Å². The van der Waals surface area contributed by atoms with Gasteiger partial charge >= 0.3 is 11.9 Å². The number of carbonyl (C=O) groups excluding carboxylic acids is 2. The van der Waals surface area contributed by atoms with E-state index < -0.39 is 6.10 Å². The van der Waals surface area contributed by atoms with E-state index in [9.17, 15) is 9.59 Å². The van der Waals surface area contributed by atoms with Gasteiger partial charge < -0.3 is 14.2 Å². The third-order valence-corrected chi connectivity index (χ3v) is 12.0. The molecule has 0 aromatic rings. The van der Waals surface area contributed by atoms with E-state index in [0.717, 1.165) is 96.3 Å². The Morgan fingerprint density at radius 3 is 1.10 bits per heavy atom. The molecule has 0 aliphatic carbocycles. The molecule has 70 heavy (non-hydrogen) atoms. The fraction of sp³-hybridized carbons (Fsp3) is 0.662. The molecule has 0 bridgehead atoms. The van der Waals surface area contributed by atoms with Crippen LogP contribution in [-0.4, -0.2) is 37.9 Å². The Bertz CT molecular complexity index is 1420. The Kier molecular flexibility index (Phi) is 56.5. The van der Waals surface area contributed by atoms with Crippen LogP contribution in [0, 0.1) is 0 Å². The van der Waals surface area contributed by atoms with Crippen molar-refractivity contribution in [2.75, 3.05) is 19.8 Å². The summed E-state index contributed by atoms with van der Waals surface area (Å²) in [5.74, 6) is -0.509. The van der Waals surface area contributed by atoms with Crippen LogP contribution in [0.4, 0.5) is 0 Å². The monoisotopic (exact) mass is 969 g/mol. The third-order valence-electron chi connectivity index (χ3n) is 12.0. The van der Waals surface area contributed by atoms with Crippen molar-refractivity contribution in [3.05, 3.63) is 122 Å². The number of allylic oxidation sites excluding steroid dienone is 20. The van der Waals surface area contributed by atoms with Gasteiger partial charge in [0.25, 0.3) is 0 Å². The Balaban J connectivity index is 4.43. The summed E-state index contributed by atoms with van der Waals surface area (Å²) in [5, 5.41) is 0. The number of unbranched alkanes of at least 4 members (excludes halogenated alkanes) is 21. The summed E-state index contributed by atoms with van der Waals surface area (Å²) < 4.78 is 17.4. The molecule has 1 atom stereocenters. The molecule has 0 amide bonds. The zero-order chi connectivity index (χ0) is 50.6. The van der Waals surface area contributed by atoms with Gasteiger partial charge in [-0.3, -0.25) is 9.59 Å². The van der Waals surface area contributed by atoms with Crippen LogP contribution in [0.1, 0.15) is 252 Å². The molecule has 0 aliphatic rings. The van der Waals surface area contributed by atoms with Crippen LogP contribution >= 0.6 is 0 Å². The second-order valence-corrected chi connectivity index (χ2v) is 18.8. The van der Waals surface area contributed by atoms with Crippen molar-refractivity contribution in [3.8, 4) is 0 Å². The van der Waals surface area contributed by atoms with Crippen molar-refractivity contribution in [3.63, 3.8) is 0 Å². The van der Waals surface area contributed by atoms with E-state index in [2.05, 4.69) is 136 Å². The van der Waals surface area contributed by atoms with Crippen LogP contribution in [0.15, 0.2) is 122 Å². The largest absolute Gasteiger partial charge is 0.462 e. The first kappa shape index (κ1) is 66.3. The molecule has 0 radical (unpaired) electrons. The van der Waals surface area contributed by atoms with Gasteiger partial charge in [0.15, 0.2) is 6.10 Å². The summed E-state index contributed by atoms with van der Waals surface area (Å²) in [5.41, 5.74) is 0. The van der Waals surface area contributed by atoms with Gasteiger partial charge in [-0.2, -0.15) is 0 Å². The van der Waals surface area contributed by atoms with Crippen molar-refractivity contribution in [1.29, 1.82) is 0 Å². The zero-order valence-corrected chi connectivity index (χ0v) is 45.7. The highest BCUT2D eigenvalue weighted by Gasteiger charge is 2.17. The maximum Gasteiger partial charge on any atom is 0.306 e. The van der Waals surface area contributed by atoms with Crippen LogP contribution in [-0.2, 0) is 23.8 Å². The van der Waals surface area contributed by atoms with Crippen LogP contribution in [0.25, 0.3) is 0 Å². The molecule has 0 aliphatic heterocycles. The lowest BCUT2D eigenvalue weighted by Gasteiger charge is -2.18. The quantitative estimate of drug-likeness (QED) is 0.0345. The predicted molar refractivity (Wildman–Crippen MR) is 306 cm³/mol.